The average Bonchev–Trinajstić information content (AvgIpc) is 2.54. The molecule has 2 unspecified atom stereocenters. The maximum absolute atomic E-state index is 6.18. The minimum atomic E-state index is -0.204. The third kappa shape index (κ3) is 2.26. The topological polar surface area (TPSA) is 52.0 Å². The summed E-state index contributed by atoms with van der Waals surface area (Å²) in [5.41, 5.74) is 14.4. The summed E-state index contributed by atoms with van der Waals surface area (Å²) in [5.74, 6) is 0. The van der Waals surface area contributed by atoms with Gasteiger partial charge in [-0.15, -0.1) is 0 Å². The molecule has 0 aliphatic carbocycles. The molecule has 0 heterocycles. The number of nitrogens with two attached hydrogens (primary N) is 2. The van der Waals surface area contributed by atoms with E-state index in [1.165, 1.54) is 11.1 Å². The molecule has 20 heavy (non-hydrogen) atoms. The van der Waals surface area contributed by atoms with Gasteiger partial charge in [0.2, 0.25) is 0 Å². The largest absolute Gasteiger partial charge is 0.330 e. The van der Waals surface area contributed by atoms with E-state index in [9.17, 15) is 0 Å². The van der Waals surface area contributed by atoms with Gasteiger partial charge in [0.05, 0.1) is 0 Å². The molecule has 2 atom stereocenters. The molecule has 0 spiro atoms. The van der Waals surface area contributed by atoms with Crippen LogP contribution in [0.4, 0.5) is 0 Å². The van der Waals surface area contributed by atoms with Crippen LogP contribution in [-0.2, 0) is 10.8 Å². The molecule has 2 nitrogen and oxygen atoms in total. The molecule has 0 fully saturated rings. The molecule has 0 radical (unpaired) electrons. The molecule has 106 valence electrons. The fourth-order valence-corrected chi connectivity index (χ4v) is 2.94. The van der Waals surface area contributed by atoms with E-state index in [-0.39, 0.29) is 10.8 Å². The van der Waals surface area contributed by atoms with Crippen LogP contribution in [0.1, 0.15) is 25.0 Å². The smallest absolute Gasteiger partial charge is 0.0153 e. The van der Waals surface area contributed by atoms with Gasteiger partial charge in [-0.3, -0.25) is 0 Å². The Kier molecular flexibility index (Phi) is 4.26. The molecular formula is C18H24N2. The first kappa shape index (κ1) is 14.8. The van der Waals surface area contributed by atoms with Crippen LogP contribution in [0.25, 0.3) is 0 Å². The van der Waals surface area contributed by atoms with Crippen molar-refractivity contribution in [3.63, 3.8) is 0 Å². The van der Waals surface area contributed by atoms with Gasteiger partial charge in [0.25, 0.3) is 0 Å². The van der Waals surface area contributed by atoms with Crippen molar-refractivity contribution in [3.8, 4) is 0 Å². The van der Waals surface area contributed by atoms with E-state index < -0.39 is 0 Å². The van der Waals surface area contributed by atoms with Gasteiger partial charge in [-0.05, 0) is 11.1 Å². The van der Waals surface area contributed by atoms with Crippen molar-refractivity contribution < 1.29 is 0 Å². The Morgan fingerprint density at radius 2 is 0.950 bits per heavy atom. The van der Waals surface area contributed by atoms with Crippen LogP contribution in [0.15, 0.2) is 60.7 Å². The Morgan fingerprint density at radius 3 is 1.20 bits per heavy atom. The Morgan fingerprint density at radius 1 is 0.650 bits per heavy atom. The fraction of sp³-hybridized carbons (Fsp3) is 0.333. The van der Waals surface area contributed by atoms with E-state index in [4.69, 9.17) is 11.5 Å². The van der Waals surface area contributed by atoms with Crippen LogP contribution in [-0.4, -0.2) is 13.1 Å². The Labute approximate surface area is 121 Å². The van der Waals surface area contributed by atoms with Gasteiger partial charge in [-0.1, -0.05) is 74.5 Å². The number of benzene rings is 2. The maximum atomic E-state index is 6.18. The van der Waals surface area contributed by atoms with Gasteiger partial charge in [0, 0.05) is 23.9 Å². The lowest BCUT2D eigenvalue weighted by Crippen LogP contribution is -2.54. The number of hydrogen-bond acceptors (Lipinski definition) is 2. The molecule has 0 aliphatic heterocycles. The molecule has 2 aromatic carbocycles. The van der Waals surface area contributed by atoms with Crippen molar-refractivity contribution in [1.82, 2.24) is 0 Å². The van der Waals surface area contributed by atoms with Crippen molar-refractivity contribution in [2.45, 2.75) is 24.7 Å². The van der Waals surface area contributed by atoms with Crippen molar-refractivity contribution >= 4 is 0 Å². The molecular weight excluding hydrogens is 244 g/mol. The van der Waals surface area contributed by atoms with E-state index in [1.807, 2.05) is 12.1 Å². The van der Waals surface area contributed by atoms with Crippen LogP contribution in [0, 0.1) is 0 Å². The summed E-state index contributed by atoms with van der Waals surface area (Å²) in [4.78, 5) is 0. The molecule has 2 heteroatoms. The molecule has 0 amide bonds. The van der Waals surface area contributed by atoms with Crippen molar-refractivity contribution in [2.24, 2.45) is 11.5 Å². The minimum Gasteiger partial charge on any atom is -0.330 e. The molecule has 0 saturated heterocycles. The monoisotopic (exact) mass is 268 g/mol. The van der Waals surface area contributed by atoms with Crippen molar-refractivity contribution in [2.75, 3.05) is 13.1 Å². The highest BCUT2D eigenvalue weighted by atomic mass is 14.7. The predicted molar refractivity (Wildman–Crippen MR) is 85.7 cm³/mol. The highest BCUT2D eigenvalue weighted by Gasteiger charge is 2.45. The summed E-state index contributed by atoms with van der Waals surface area (Å²) in [5, 5.41) is 0. The fourth-order valence-electron chi connectivity index (χ4n) is 2.94. The molecule has 0 bridgehead atoms. The molecule has 0 aliphatic rings. The first-order chi connectivity index (χ1) is 9.58. The Hall–Kier alpha value is -1.64. The third-order valence-electron chi connectivity index (χ3n) is 4.86. The summed E-state index contributed by atoms with van der Waals surface area (Å²) < 4.78 is 0. The molecule has 0 saturated carbocycles. The zero-order valence-electron chi connectivity index (χ0n) is 12.3. The van der Waals surface area contributed by atoms with Crippen molar-refractivity contribution in [1.29, 1.82) is 0 Å². The van der Waals surface area contributed by atoms with Crippen LogP contribution in [0.2, 0.25) is 0 Å². The Balaban J connectivity index is 2.58. The summed E-state index contributed by atoms with van der Waals surface area (Å²) in [6.45, 7) is 5.53. The van der Waals surface area contributed by atoms with Gasteiger partial charge in [0.15, 0.2) is 0 Å². The van der Waals surface area contributed by atoms with E-state index >= 15 is 0 Å². The second kappa shape index (κ2) is 5.78. The lowest BCUT2D eigenvalue weighted by molar-refractivity contribution is 0.267. The maximum Gasteiger partial charge on any atom is 0.0153 e. The van der Waals surface area contributed by atoms with Gasteiger partial charge < -0.3 is 11.5 Å². The number of rotatable bonds is 5. The first-order valence-corrected chi connectivity index (χ1v) is 7.09. The number of hydrogen-bond donors (Lipinski definition) is 2. The normalized spacial score (nSPS) is 17.2. The lowest BCUT2D eigenvalue weighted by atomic mass is 9.59. The van der Waals surface area contributed by atoms with E-state index in [2.05, 4.69) is 62.4 Å². The average molecular weight is 268 g/mol. The van der Waals surface area contributed by atoms with Gasteiger partial charge in [-0.2, -0.15) is 0 Å². The van der Waals surface area contributed by atoms with E-state index in [1.54, 1.807) is 0 Å². The van der Waals surface area contributed by atoms with E-state index in [0.29, 0.717) is 13.1 Å². The lowest BCUT2D eigenvalue weighted by Gasteiger charge is -2.46. The van der Waals surface area contributed by atoms with Gasteiger partial charge in [-0.25, -0.2) is 0 Å². The molecule has 2 aromatic rings. The SMILES string of the molecule is CC(CN)(c1ccccc1)C(C)(CN)c1ccccc1. The van der Waals surface area contributed by atoms with Crippen molar-refractivity contribution in [3.05, 3.63) is 71.8 Å². The Bertz CT molecular complexity index is 486. The first-order valence-electron chi connectivity index (χ1n) is 7.09. The zero-order valence-corrected chi connectivity index (χ0v) is 12.3. The summed E-state index contributed by atoms with van der Waals surface area (Å²) in [7, 11) is 0. The second-order valence-electron chi connectivity index (χ2n) is 5.80. The summed E-state index contributed by atoms with van der Waals surface area (Å²) >= 11 is 0. The zero-order chi connectivity index (χ0) is 14.6. The molecule has 4 N–H and O–H groups in total. The van der Waals surface area contributed by atoms with Crippen LogP contribution >= 0.6 is 0 Å². The van der Waals surface area contributed by atoms with Gasteiger partial charge >= 0.3 is 0 Å². The molecule has 2 rings (SSSR count). The third-order valence-corrected chi connectivity index (χ3v) is 4.86. The summed E-state index contributed by atoms with van der Waals surface area (Å²) in [6, 6.07) is 20.9. The van der Waals surface area contributed by atoms with Crippen LogP contribution in [0.3, 0.4) is 0 Å². The van der Waals surface area contributed by atoms with Crippen LogP contribution in [0.5, 0.6) is 0 Å². The quantitative estimate of drug-likeness (QED) is 0.876. The predicted octanol–water partition coefficient (Wildman–Crippen LogP) is 2.82. The molecule has 0 aromatic heterocycles. The highest BCUT2D eigenvalue weighted by Crippen LogP contribution is 2.42. The second-order valence-corrected chi connectivity index (χ2v) is 5.80. The van der Waals surface area contributed by atoms with E-state index in [0.717, 1.165) is 0 Å². The summed E-state index contributed by atoms with van der Waals surface area (Å²) in [6.07, 6.45) is 0. The van der Waals surface area contributed by atoms with Gasteiger partial charge in [0.1, 0.15) is 0 Å². The minimum absolute atomic E-state index is 0.204. The highest BCUT2D eigenvalue weighted by molar-refractivity contribution is 5.38. The standard InChI is InChI=1S/C18H24N2/c1-17(13-19,15-9-5-3-6-10-15)18(2,14-20)16-11-7-4-8-12-16/h3-12H,13-14,19-20H2,1-2H3. The van der Waals surface area contributed by atoms with Crippen LogP contribution < -0.4 is 11.5 Å².